The van der Waals surface area contributed by atoms with Crippen LogP contribution in [-0.4, -0.2) is 4.57 Å². The molecule has 2 aliphatic rings. The summed E-state index contributed by atoms with van der Waals surface area (Å²) in [6.07, 6.45) is 3.42. The molecule has 0 unspecified atom stereocenters. The lowest BCUT2D eigenvalue weighted by atomic mass is 9.83. The Kier molecular flexibility index (Phi) is 5.76. The Morgan fingerprint density at radius 2 is 1.85 bits per heavy atom. The predicted octanol–water partition coefficient (Wildman–Crippen LogP) is 6.68. The van der Waals surface area contributed by atoms with Gasteiger partial charge in [-0.15, -0.1) is 0 Å². The summed E-state index contributed by atoms with van der Waals surface area (Å²) in [5.74, 6) is 0.949. The zero-order valence-corrected chi connectivity index (χ0v) is 22.5. The molecule has 1 aliphatic carbocycles. The van der Waals surface area contributed by atoms with Gasteiger partial charge in [-0.1, -0.05) is 65.4 Å². The fourth-order valence-electron chi connectivity index (χ4n) is 5.53. The van der Waals surface area contributed by atoms with Crippen molar-refractivity contribution in [3.8, 4) is 11.3 Å². The van der Waals surface area contributed by atoms with Crippen LogP contribution in [0.15, 0.2) is 98.6 Å². The molecule has 1 atom stereocenters. The molecule has 0 spiro atoms. The highest BCUT2D eigenvalue weighted by Gasteiger charge is 2.32. The molecule has 5 aromatic rings. The van der Waals surface area contributed by atoms with Crippen LogP contribution in [0.2, 0.25) is 5.02 Å². The number of allylic oxidation sites excluding steroid dienone is 1. The third-order valence-corrected chi connectivity index (χ3v) is 8.64. The second kappa shape index (κ2) is 9.33. The molecule has 7 heteroatoms. The molecule has 192 valence electrons. The van der Waals surface area contributed by atoms with Crippen LogP contribution in [0, 0.1) is 12.7 Å². The van der Waals surface area contributed by atoms with Crippen LogP contribution in [0.5, 0.6) is 0 Å². The van der Waals surface area contributed by atoms with Crippen molar-refractivity contribution in [1.82, 2.24) is 4.57 Å². The van der Waals surface area contributed by atoms with Gasteiger partial charge in [0.1, 0.15) is 17.3 Å². The number of hydrogen-bond acceptors (Lipinski definition) is 4. The molecular formula is C32H22ClFN2O2S. The van der Waals surface area contributed by atoms with E-state index in [-0.39, 0.29) is 17.4 Å². The topological polar surface area (TPSA) is 47.5 Å². The summed E-state index contributed by atoms with van der Waals surface area (Å²) in [5, 5.41) is 0.633. The van der Waals surface area contributed by atoms with Crippen molar-refractivity contribution >= 4 is 34.7 Å². The molecule has 0 amide bonds. The highest BCUT2D eigenvalue weighted by atomic mass is 35.5. The first kappa shape index (κ1) is 24.1. The molecular weight excluding hydrogens is 531 g/mol. The van der Waals surface area contributed by atoms with E-state index in [1.165, 1.54) is 29.0 Å². The van der Waals surface area contributed by atoms with Crippen LogP contribution in [0.4, 0.5) is 4.39 Å². The summed E-state index contributed by atoms with van der Waals surface area (Å²) in [7, 11) is 0. The fraction of sp³-hybridized carbons (Fsp3) is 0.125. The number of aromatic nitrogens is 1. The second-order valence-electron chi connectivity index (χ2n) is 9.83. The van der Waals surface area contributed by atoms with Gasteiger partial charge in [-0.05, 0) is 78.4 Å². The average Bonchev–Trinajstić information content (AvgIpc) is 3.53. The van der Waals surface area contributed by atoms with Crippen molar-refractivity contribution in [2.75, 3.05) is 0 Å². The van der Waals surface area contributed by atoms with E-state index in [4.69, 9.17) is 21.0 Å². The first-order chi connectivity index (χ1) is 19.0. The lowest BCUT2D eigenvalue weighted by Crippen LogP contribution is -2.38. The number of halogens is 2. The van der Waals surface area contributed by atoms with Gasteiger partial charge >= 0.3 is 0 Å². The molecule has 0 saturated heterocycles. The highest BCUT2D eigenvalue weighted by molar-refractivity contribution is 7.07. The average molecular weight is 553 g/mol. The summed E-state index contributed by atoms with van der Waals surface area (Å²) < 4.78 is 22.3. The minimum atomic E-state index is -0.353. The van der Waals surface area contributed by atoms with Gasteiger partial charge in [0, 0.05) is 22.2 Å². The summed E-state index contributed by atoms with van der Waals surface area (Å²) in [6.45, 7) is 2.00. The van der Waals surface area contributed by atoms with Gasteiger partial charge in [0.25, 0.3) is 5.56 Å². The Bertz CT molecular complexity index is 1980. The van der Waals surface area contributed by atoms with Crippen LogP contribution in [0.3, 0.4) is 0 Å². The maximum absolute atomic E-state index is 13.9. The lowest BCUT2D eigenvalue weighted by molar-refractivity contribution is 0.570. The van der Waals surface area contributed by atoms with Crippen LogP contribution >= 0.6 is 22.9 Å². The molecule has 39 heavy (non-hydrogen) atoms. The molecule has 3 aromatic carbocycles. The molecule has 7 rings (SSSR count). The van der Waals surface area contributed by atoms with Gasteiger partial charge in [0.15, 0.2) is 4.80 Å². The van der Waals surface area contributed by atoms with Gasteiger partial charge in [-0.25, -0.2) is 9.38 Å². The molecule has 2 aromatic heterocycles. The number of hydrogen-bond donors (Lipinski definition) is 0. The molecule has 0 N–H and O–H groups in total. The Morgan fingerprint density at radius 1 is 1.03 bits per heavy atom. The van der Waals surface area contributed by atoms with Gasteiger partial charge in [0.05, 0.1) is 16.3 Å². The second-order valence-corrected chi connectivity index (χ2v) is 11.3. The number of fused-ring (bicyclic) bond motifs is 3. The standard InChI is InChI=1S/C32H22ClFN2O2S/c1-18-6-10-21(33)16-26(18)27-15-13-23(38-27)17-28-31(37)36-30(20-7-11-22(34)12-8-20)25-14-9-19-4-2-3-5-24(19)29(25)35-32(36)39-28/h2-8,10-13,15-17,30H,9,14H2,1H3/b28-17+/t30-/m1/s1. The largest absolute Gasteiger partial charge is 0.457 e. The number of thiazole rings is 1. The van der Waals surface area contributed by atoms with Crippen molar-refractivity contribution in [3.63, 3.8) is 0 Å². The Morgan fingerprint density at radius 3 is 2.69 bits per heavy atom. The Labute approximate surface area is 232 Å². The molecule has 0 bridgehead atoms. The third kappa shape index (κ3) is 4.11. The number of furan rings is 1. The van der Waals surface area contributed by atoms with Crippen LogP contribution in [0.1, 0.15) is 40.5 Å². The summed E-state index contributed by atoms with van der Waals surface area (Å²) in [4.78, 5) is 19.5. The van der Waals surface area contributed by atoms with E-state index in [9.17, 15) is 9.18 Å². The molecule has 0 fully saturated rings. The van der Waals surface area contributed by atoms with E-state index in [0.717, 1.165) is 46.4 Å². The maximum Gasteiger partial charge on any atom is 0.271 e. The molecule has 0 radical (unpaired) electrons. The van der Waals surface area contributed by atoms with Crippen molar-refractivity contribution in [3.05, 3.63) is 143 Å². The van der Waals surface area contributed by atoms with Crippen LogP contribution in [-0.2, 0) is 6.42 Å². The van der Waals surface area contributed by atoms with Crippen molar-refractivity contribution in [2.24, 2.45) is 4.99 Å². The molecule has 3 heterocycles. The monoisotopic (exact) mass is 552 g/mol. The number of aryl methyl sites for hydroxylation is 2. The minimum Gasteiger partial charge on any atom is -0.457 e. The van der Waals surface area contributed by atoms with Crippen molar-refractivity contribution in [1.29, 1.82) is 0 Å². The van der Waals surface area contributed by atoms with E-state index in [2.05, 4.69) is 12.1 Å². The number of nitrogens with zero attached hydrogens (tertiary/aromatic N) is 2. The van der Waals surface area contributed by atoms with E-state index in [1.807, 2.05) is 49.4 Å². The summed E-state index contributed by atoms with van der Waals surface area (Å²) in [6, 6.07) is 23.8. The SMILES string of the molecule is Cc1ccc(Cl)cc1-c1ccc(/C=c2/sc3n(c2=O)[C@H](c2ccc(F)cc2)C2=C(N=3)c3ccccc3CC2)o1. The lowest BCUT2D eigenvalue weighted by Gasteiger charge is -2.30. The predicted molar refractivity (Wildman–Crippen MR) is 153 cm³/mol. The van der Waals surface area contributed by atoms with Crippen molar-refractivity contribution in [2.45, 2.75) is 25.8 Å². The van der Waals surface area contributed by atoms with E-state index >= 15 is 0 Å². The summed E-state index contributed by atoms with van der Waals surface area (Å²) >= 11 is 7.55. The van der Waals surface area contributed by atoms with Gasteiger partial charge in [-0.3, -0.25) is 9.36 Å². The highest BCUT2D eigenvalue weighted by Crippen LogP contribution is 2.41. The van der Waals surface area contributed by atoms with Gasteiger partial charge < -0.3 is 4.42 Å². The maximum atomic E-state index is 13.9. The van der Waals surface area contributed by atoms with E-state index in [1.54, 1.807) is 22.8 Å². The zero-order valence-electron chi connectivity index (χ0n) is 20.9. The van der Waals surface area contributed by atoms with Crippen molar-refractivity contribution < 1.29 is 8.81 Å². The first-order valence-electron chi connectivity index (χ1n) is 12.7. The molecule has 0 saturated carbocycles. The normalized spacial score (nSPS) is 16.5. The van der Waals surface area contributed by atoms with Crippen LogP contribution in [0.25, 0.3) is 23.1 Å². The van der Waals surface area contributed by atoms with Gasteiger partial charge in [-0.2, -0.15) is 0 Å². The number of benzene rings is 3. The molecule has 4 nitrogen and oxygen atoms in total. The quantitative estimate of drug-likeness (QED) is 0.251. The smallest absolute Gasteiger partial charge is 0.271 e. The third-order valence-electron chi connectivity index (χ3n) is 7.42. The molecule has 1 aliphatic heterocycles. The zero-order chi connectivity index (χ0) is 26.7. The number of rotatable bonds is 3. The fourth-order valence-corrected chi connectivity index (χ4v) is 6.68. The Hall–Kier alpha value is -4.00. The van der Waals surface area contributed by atoms with E-state index in [0.29, 0.717) is 25.9 Å². The first-order valence-corrected chi connectivity index (χ1v) is 13.9. The van der Waals surface area contributed by atoms with Gasteiger partial charge in [0.2, 0.25) is 0 Å². The Balaban J connectivity index is 1.40. The minimum absolute atomic E-state index is 0.143. The van der Waals surface area contributed by atoms with E-state index < -0.39 is 0 Å². The summed E-state index contributed by atoms with van der Waals surface area (Å²) in [5.41, 5.74) is 7.01. The van der Waals surface area contributed by atoms with Crippen LogP contribution < -0.4 is 14.9 Å².